The Morgan fingerprint density at radius 1 is 0.867 bits per heavy atom. The first-order valence-corrected chi connectivity index (χ1v) is 10.6. The Morgan fingerprint density at radius 3 is 2.70 bits per heavy atom. The Balaban J connectivity index is 1.31. The van der Waals surface area contributed by atoms with E-state index in [0.29, 0.717) is 5.92 Å². The van der Waals surface area contributed by atoms with Gasteiger partial charge in [0.2, 0.25) is 0 Å². The van der Waals surface area contributed by atoms with Gasteiger partial charge in [-0.25, -0.2) is 9.97 Å². The van der Waals surface area contributed by atoms with Crippen LogP contribution < -0.4 is 5.32 Å². The normalized spacial score (nSPS) is 17.1. The molecule has 1 atom stereocenters. The minimum atomic E-state index is 0.442. The maximum Gasteiger partial charge on any atom is 0.131 e. The van der Waals surface area contributed by atoms with Crippen molar-refractivity contribution in [3.05, 3.63) is 90.4 Å². The maximum atomic E-state index is 4.90. The number of benzene rings is 1. The summed E-state index contributed by atoms with van der Waals surface area (Å²) in [6.07, 6.45) is 6.01. The Hall–Kier alpha value is -3.31. The summed E-state index contributed by atoms with van der Waals surface area (Å²) in [5.41, 5.74) is 3.57. The van der Waals surface area contributed by atoms with Gasteiger partial charge in [0.1, 0.15) is 11.6 Å². The third-order valence-corrected chi connectivity index (χ3v) is 5.75. The molecule has 0 spiro atoms. The smallest absolute Gasteiger partial charge is 0.131 e. The predicted octanol–water partition coefficient (Wildman–Crippen LogP) is 5.15. The Labute approximate surface area is 176 Å². The molecule has 5 heteroatoms. The Bertz CT molecular complexity index is 1120. The fourth-order valence-electron chi connectivity index (χ4n) is 4.30. The summed E-state index contributed by atoms with van der Waals surface area (Å²) in [6, 6.07) is 22.7. The van der Waals surface area contributed by atoms with Crippen LogP contribution in [-0.2, 0) is 6.54 Å². The van der Waals surface area contributed by atoms with Gasteiger partial charge in [-0.3, -0.25) is 9.88 Å². The van der Waals surface area contributed by atoms with Gasteiger partial charge in [0.05, 0.1) is 5.52 Å². The lowest BCUT2D eigenvalue weighted by atomic mass is 9.93. The molecule has 0 amide bonds. The first-order valence-electron chi connectivity index (χ1n) is 10.6. The quantitative estimate of drug-likeness (QED) is 0.507. The Morgan fingerprint density at radius 2 is 1.77 bits per heavy atom. The number of pyridine rings is 3. The van der Waals surface area contributed by atoms with E-state index in [4.69, 9.17) is 4.98 Å². The molecule has 1 N–H and O–H groups in total. The lowest BCUT2D eigenvalue weighted by Crippen LogP contribution is -2.34. The zero-order chi connectivity index (χ0) is 20.2. The summed E-state index contributed by atoms with van der Waals surface area (Å²) < 4.78 is 0. The van der Waals surface area contributed by atoms with Gasteiger partial charge in [0, 0.05) is 42.5 Å². The molecule has 0 aliphatic carbocycles. The van der Waals surface area contributed by atoms with Crippen LogP contribution in [0.2, 0.25) is 0 Å². The van der Waals surface area contributed by atoms with Crippen LogP contribution in [0.25, 0.3) is 10.9 Å². The highest BCUT2D eigenvalue weighted by Gasteiger charge is 2.23. The number of rotatable bonds is 5. The van der Waals surface area contributed by atoms with Crippen molar-refractivity contribution in [2.45, 2.75) is 25.3 Å². The summed E-state index contributed by atoms with van der Waals surface area (Å²) in [6.45, 7) is 3.10. The van der Waals surface area contributed by atoms with Gasteiger partial charge in [-0.15, -0.1) is 0 Å². The average Bonchev–Trinajstić information content (AvgIpc) is 2.80. The van der Waals surface area contributed by atoms with Crippen LogP contribution >= 0.6 is 0 Å². The molecular weight excluding hydrogens is 370 g/mol. The first-order chi connectivity index (χ1) is 14.8. The van der Waals surface area contributed by atoms with Crippen LogP contribution in [0.3, 0.4) is 0 Å². The van der Waals surface area contributed by atoms with Crippen molar-refractivity contribution in [3.8, 4) is 0 Å². The van der Waals surface area contributed by atoms with Gasteiger partial charge >= 0.3 is 0 Å². The van der Waals surface area contributed by atoms with Crippen LogP contribution in [0.5, 0.6) is 0 Å². The van der Waals surface area contributed by atoms with E-state index in [1.807, 2.05) is 36.5 Å². The van der Waals surface area contributed by atoms with Crippen molar-refractivity contribution in [1.82, 2.24) is 19.9 Å². The second kappa shape index (κ2) is 8.59. The lowest BCUT2D eigenvalue weighted by molar-refractivity contribution is 0.199. The number of nitrogens with one attached hydrogen (secondary N) is 1. The second-order valence-corrected chi connectivity index (χ2v) is 7.85. The molecule has 4 heterocycles. The highest BCUT2D eigenvalue weighted by atomic mass is 15.1. The van der Waals surface area contributed by atoms with Gasteiger partial charge in [0.25, 0.3) is 0 Å². The van der Waals surface area contributed by atoms with Crippen molar-refractivity contribution >= 4 is 22.5 Å². The number of likely N-dealkylation sites (tertiary alicyclic amines) is 1. The van der Waals surface area contributed by atoms with Crippen molar-refractivity contribution < 1.29 is 0 Å². The maximum absolute atomic E-state index is 4.90. The van der Waals surface area contributed by atoms with E-state index in [2.05, 4.69) is 56.6 Å². The monoisotopic (exact) mass is 395 g/mol. The molecule has 1 aliphatic rings. The molecule has 30 heavy (non-hydrogen) atoms. The molecule has 3 aromatic heterocycles. The van der Waals surface area contributed by atoms with E-state index in [1.54, 1.807) is 6.20 Å². The van der Waals surface area contributed by atoms with Crippen LogP contribution in [0.4, 0.5) is 11.6 Å². The van der Waals surface area contributed by atoms with Crippen molar-refractivity contribution in [2.24, 2.45) is 0 Å². The number of anilines is 2. The van der Waals surface area contributed by atoms with Crippen LogP contribution in [0.15, 0.2) is 79.1 Å². The minimum absolute atomic E-state index is 0.442. The molecule has 0 saturated carbocycles. The molecule has 150 valence electrons. The molecule has 1 fully saturated rings. The zero-order valence-corrected chi connectivity index (χ0v) is 16.9. The lowest BCUT2D eigenvalue weighted by Gasteiger charge is -2.32. The first kappa shape index (κ1) is 18.7. The predicted molar refractivity (Wildman–Crippen MR) is 121 cm³/mol. The Kier molecular flexibility index (Phi) is 5.36. The average molecular weight is 396 g/mol. The second-order valence-electron chi connectivity index (χ2n) is 7.85. The summed E-state index contributed by atoms with van der Waals surface area (Å²) in [7, 11) is 0. The van der Waals surface area contributed by atoms with E-state index < -0.39 is 0 Å². The number of fused-ring (bicyclic) bond motifs is 1. The van der Waals surface area contributed by atoms with Gasteiger partial charge in [-0.2, -0.15) is 0 Å². The summed E-state index contributed by atoms with van der Waals surface area (Å²) in [5.74, 6) is 2.11. The van der Waals surface area contributed by atoms with Crippen molar-refractivity contribution in [1.29, 1.82) is 0 Å². The van der Waals surface area contributed by atoms with Crippen LogP contribution in [-0.4, -0.2) is 32.9 Å². The number of nitrogens with zero attached hydrogens (tertiary/aromatic N) is 4. The van der Waals surface area contributed by atoms with Crippen molar-refractivity contribution in [2.75, 3.05) is 18.4 Å². The standard InChI is InChI=1S/C25H25N5/c1-2-14-27-24(12-1)29-25-13-4-10-22(28-25)20-8-6-16-30(18-20)17-19-7-3-11-23-21(19)9-5-15-26-23/h1-5,7,9-15,20H,6,8,16-18H2,(H,27,28,29)/t20-/m0/s1. The molecule has 1 saturated heterocycles. The van der Waals surface area contributed by atoms with E-state index in [-0.39, 0.29) is 0 Å². The molecule has 1 aliphatic heterocycles. The topological polar surface area (TPSA) is 53.9 Å². The summed E-state index contributed by atoms with van der Waals surface area (Å²) in [5, 5.41) is 4.56. The highest BCUT2D eigenvalue weighted by molar-refractivity contribution is 5.81. The number of hydrogen-bond donors (Lipinski definition) is 1. The molecule has 0 radical (unpaired) electrons. The fourth-order valence-corrected chi connectivity index (χ4v) is 4.30. The van der Waals surface area contributed by atoms with Crippen molar-refractivity contribution in [3.63, 3.8) is 0 Å². The molecule has 0 bridgehead atoms. The number of aromatic nitrogens is 3. The van der Waals surface area contributed by atoms with Gasteiger partial charge < -0.3 is 5.32 Å². The third kappa shape index (κ3) is 4.16. The largest absolute Gasteiger partial charge is 0.325 e. The van der Waals surface area contributed by atoms with Gasteiger partial charge in [-0.1, -0.05) is 30.3 Å². The molecule has 5 rings (SSSR count). The highest BCUT2D eigenvalue weighted by Crippen LogP contribution is 2.28. The van der Waals surface area contributed by atoms with E-state index in [9.17, 15) is 0 Å². The SMILES string of the molecule is c1ccc(Nc2cccc([C@H]3CCCN(Cc4cccc5ncccc45)C3)n2)nc1. The number of hydrogen-bond acceptors (Lipinski definition) is 5. The molecular formula is C25H25N5. The van der Waals surface area contributed by atoms with Gasteiger partial charge in [0.15, 0.2) is 0 Å². The molecule has 4 aromatic rings. The van der Waals surface area contributed by atoms with E-state index in [1.165, 1.54) is 23.8 Å². The summed E-state index contributed by atoms with van der Waals surface area (Å²) in [4.78, 5) is 16.3. The number of piperidine rings is 1. The van der Waals surface area contributed by atoms with Gasteiger partial charge in [-0.05, 0) is 61.3 Å². The van der Waals surface area contributed by atoms with Crippen LogP contribution in [0.1, 0.15) is 30.0 Å². The molecule has 5 nitrogen and oxygen atoms in total. The third-order valence-electron chi connectivity index (χ3n) is 5.75. The molecule has 0 unspecified atom stereocenters. The van der Waals surface area contributed by atoms with Crippen LogP contribution in [0, 0.1) is 0 Å². The van der Waals surface area contributed by atoms with E-state index >= 15 is 0 Å². The summed E-state index contributed by atoms with van der Waals surface area (Å²) >= 11 is 0. The fraction of sp³-hybridized carbons (Fsp3) is 0.240. The zero-order valence-electron chi connectivity index (χ0n) is 16.9. The molecule has 1 aromatic carbocycles. The van der Waals surface area contributed by atoms with E-state index in [0.717, 1.165) is 42.5 Å². The minimum Gasteiger partial charge on any atom is -0.325 e.